The standard InChI is InChI=1S/C19H22ClFN2O3/c20-13-5-6-16(21)15(7-13)17(24)23-9-12-8-22(14-3-1-2-4-14)10-19(12,11-23)18(25)26/h5-7,12,14H,1-4,8-11H2,(H,25,26)/t12-,19-/m0/s1. The van der Waals surface area contributed by atoms with E-state index in [-0.39, 0.29) is 23.0 Å². The van der Waals surface area contributed by atoms with Gasteiger partial charge in [-0.1, -0.05) is 24.4 Å². The lowest BCUT2D eigenvalue weighted by molar-refractivity contribution is -0.148. The molecular formula is C19H22ClFN2O3. The maximum atomic E-state index is 14.1. The highest BCUT2D eigenvalue weighted by atomic mass is 35.5. The molecule has 2 saturated heterocycles. The normalized spacial score (nSPS) is 29.3. The van der Waals surface area contributed by atoms with E-state index >= 15 is 0 Å². The zero-order valence-corrected chi connectivity index (χ0v) is 15.2. The number of hydrogen-bond acceptors (Lipinski definition) is 3. The monoisotopic (exact) mass is 380 g/mol. The summed E-state index contributed by atoms with van der Waals surface area (Å²) in [6.45, 7) is 1.64. The van der Waals surface area contributed by atoms with E-state index in [0.29, 0.717) is 25.7 Å². The van der Waals surface area contributed by atoms with E-state index < -0.39 is 23.1 Å². The van der Waals surface area contributed by atoms with Crippen LogP contribution in [0.15, 0.2) is 18.2 Å². The number of aliphatic carboxylic acids is 1. The number of likely N-dealkylation sites (tertiary alicyclic amines) is 2. The fourth-order valence-electron chi connectivity index (χ4n) is 4.94. The van der Waals surface area contributed by atoms with Gasteiger partial charge in [-0.15, -0.1) is 0 Å². The molecule has 0 aromatic heterocycles. The number of amides is 1. The molecule has 1 aromatic rings. The highest BCUT2D eigenvalue weighted by Crippen LogP contribution is 2.45. The third kappa shape index (κ3) is 2.79. The summed E-state index contributed by atoms with van der Waals surface area (Å²) in [5.41, 5.74) is -1.04. The molecule has 0 radical (unpaired) electrons. The fourth-order valence-corrected chi connectivity index (χ4v) is 5.11. The Kier molecular flexibility index (Phi) is 4.43. The maximum absolute atomic E-state index is 14.1. The molecule has 3 fully saturated rings. The molecule has 2 aliphatic heterocycles. The fraction of sp³-hybridized carbons (Fsp3) is 0.579. The Morgan fingerprint density at radius 1 is 1.19 bits per heavy atom. The van der Waals surface area contributed by atoms with Crippen LogP contribution in [0.3, 0.4) is 0 Å². The Bertz CT molecular complexity index is 752. The Morgan fingerprint density at radius 3 is 2.58 bits per heavy atom. The summed E-state index contributed by atoms with van der Waals surface area (Å²) >= 11 is 5.89. The van der Waals surface area contributed by atoms with E-state index in [1.807, 2.05) is 0 Å². The molecule has 26 heavy (non-hydrogen) atoms. The molecule has 0 spiro atoms. The minimum Gasteiger partial charge on any atom is -0.481 e. The summed E-state index contributed by atoms with van der Waals surface area (Å²) in [4.78, 5) is 28.7. The van der Waals surface area contributed by atoms with Crippen molar-refractivity contribution in [3.63, 3.8) is 0 Å². The van der Waals surface area contributed by atoms with Gasteiger partial charge in [-0.05, 0) is 31.0 Å². The second kappa shape index (κ2) is 6.50. The van der Waals surface area contributed by atoms with Crippen molar-refractivity contribution in [2.24, 2.45) is 11.3 Å². The number of hydrogen-bond donors (Lipinski definition) is 1. The predicted octanol–water partition coefficient (Wildman–Crippen LogP) is 2.88. The lowest BCUT2D eigenvalue weighted by Gasteiger charge is -2.28. The first-order valence-electron chi connectivity index (χ1n) is 9.12. The van der Waals surface area contributed by atoms with Crippen molar-refractivity contribution in [2.75, 3.05) is 26.2 Å². The van der Waals surface area contributed by atoms with Crippen LogP contribution in [0.25, 0.3) is 0 Å². The van der Waals surface area contributed by atoms with Crippen molar-refractivity contribution in [1.29, 1.82) is 0 Å². The summed E-state index contributed by atoms with van der Waals surface area (Å²) in [6.07, 6.45) is 4.65. The average molecular weight is 381 g/mol. The van der Waals surface area contributed by atoms with Gasteiger partial charge in [0.25, 0.3) is 5.91 Å². The first-order chi connectivity index (χ1) is 12.4. The number of fused-ring (bicyclic) bond motifs is 1. The molecule has 2 atom stereocenters. The number of nitrogens with zero attached hydrogens (tertiary/aromatic N) is 2. The summed E-state index contributed by atoms with van der Waals surface area (Å²) in [5.74, 6) is -2.09. The van der Waals surface area contributed by atoms with Crippen molar-refractivity contribution >= 4 is 23.5 Å². The Labute approximate surface area is 156 Å². The first kappa shape index (κ1) is 17.7. The first-order valence-corrected chi connectivity index (χ1v) is 9.50. The van der Waals surface area contributed by atoms with Gasteiger partial charge >= 0.3 is 5.97 Å². The highest BCUT2D eigenvalue weighted by Gasteiger charge is 2.59. The number of benzene rings is 1. The molecule has 1 aromatic carbocycles. The molecule has 0 bridgehead atoms. The van der Waals surface area contributed by atoms with Gasteiger partial charge in [0.05, 0.1) is 5.56 Å². The summed E-state index contributed by atoms with van der Waals surface area (Å²) in [6, 6.07) is 4.34. The van der Waals surface area contributed by atoms with Crippen LogP contribution in [0.1, 0.15) is 36.0 Å². The quantitative estimate of drug-likeness (QED) is 0.875. The summed E-state index contributed by atoms with van der Waals surface area (Å²) < 4.78 is 14.1. The minimum atomic E-state index is -0.951. The maximum Gasteiger partial charge on any atom is 0.313 e. The van der Waals surface area contributed by atoms with Crippen molar-refractivity contribution in [2.45, 2.75) is 31.7 Å². The minimum absolute atomic E-state index is 0.0920. The van der Waals surface area contributed by atoms with Crippen LogP contribution in [0.5, 0.6) is 0 Å². The van der Waals surface area contributed by atoms with E-state index in [0.717, 1.165) is 12.8 Å². The van der Waals surface area contributed by atoms with Crippen molar-refractivity contribution in [3.05, 3.63) is 34.6 Å². The Morgan fingerprint density at radius 2 is 1.92 bits per heavy atom. The topological polar surface area (TPSA) is 60.9 Å². The Balaban J connectivity index is 1.55. The molecular weight excluding hydrogens is 359 g/mol. The second-order valence-corrected chi connectivity index (χ2v) is 8.27. The van der Waals surface area contributed by atoms with E-state index in [4.69, 9.17) is 11.6 Å². The molecule has 140 valence electrons. The number of rotatable bonds is 3. The van der Waals surface area contributed by atoms with Crippen LogP contribution in [0.2, 0.25) is 5.02 Å². The average Bonchev–Trinajstić information content (AvgIpc) is 3.29. The van der Waals surface area contributed by atoms with Crippen LogP contribution in [0, 0.1) is 17.2 Å². The third-order valence-electron chi connectivity index (χ3n) is 6.35. The zero-order chi connectivity index (χ0) is 18.5. The molecule has 5 nitrogen and oxygen atoms in total. The van der Waals surface area contributed by atoms with Crippen molar-refractivity contribution in [1.82, 2.24) is 9.80 Å². The number of carbonyl (C=O) groups excluding carboxylic acids is 1. The number of carbonyl (C=O) groups is 2. The lowest BCUT2D eigenvalue weighted by atomic mass is 9.81. The molecule has 1 N–H and O–H groups in total. The molecule has 3 aliphatic rings. The van der Waals surface area contributed by atoms with Crippen LogP contribution in [0.4, 0.5) is 4.39 Å². The largest absolute Gasteiger partial charge is 0.481 e. The molecule has 1 amide bonds. The zero-order valence-electron chi connectivity index (χ0n) is 14.5. The number of carboxylic acids is 1. The van der Waals surface area contributed by atoms with Gasteiger partial charge in [0.15, 0.2) is 0 Å². The van der Waals surface area contributed by atoms with Gasteiger partial charge in [0.2, 0.25) is 0 Å². The van der Waals surface area contributed by atoms with Crippen molar-refractivity contribution < 1.29 is 19.1 Å². The van der Waals surface area contributed by atoms with Crippen LogP contribution >= 0.6 is 11.6 Å². The molecule has 2 heterocycles. The van der Waals surface area contributed by atoms with Gasteiger partial charge in [0, 0.05) is 43.2 Å². The van der Waals surface area contributed by atoms with Gasteiger partial charge in [-0.3, -0.25) is 14.5 Å². The molecule has 1 saturated carbocycles. The third-order valence-corrected chi connectivity index (χ3v) is 6.58. The van der Waals surface area contributed by atoms with Gasteiger partial charge < -0.3 is 10.0 Å². The van der Waals surface area contributed by atoms with Gasteiger partial charge in [-0.2, -0.15) is 0 Å². The molecule has 4 rings (SSSR count). The lowest BCUT2D eigenvalue weighted by Crippen LogP contribution is -2.43. The van der Waals surface area contributed by atoms with E-state index in [2.05, 4.69) is 4.90 Å². The van der Waals surface area contributed by atoms with Crippen LogP contribution in [-0.4, -0.2) is 59.0 Å². The van der Waals surface area contributed by atoms with Crippen LogP contribution < -0.4 is 0 Å². The molecule has 1 aliphatic carbocycles. The van der Waals surface area contributed by atoms with E-state index in [1.165, 1.54) is 35.9 Å². The highest BCUT2D eigenvalue weighted by molar-refractivity contribution is 6.31. The van der Waals surface area contributed by atoms with E-state index in [1.54, 1.807) is 0 Å². The smallest absolute Gasteiger partial charge is 0.313 e. The Hall–Kier alpha value is -1.66. The second-order valence-electron chi connectivity index (χ2n) is 7.84. The van der Waals surface area contributed by atoms with Crippen LogP contribution in [-0.2, 0) is 4.79 Å². The SMILES string of the molecule is O=C(c1cc(Cl)ccc1F)N1C[C@@H]2CN(C3CCCC3)C[C@]2(C(=O)O)C1. The number of carboxylic acid groups (broad SMARTS) is 1. The van der Waals surface area contributed by atoms with E-state index in [9.17, 15) is 19.1 Å². The number of halogens is 2. The van der Waals surface area contributed by atoms with Crippen molar-refractivity contribution in [3.8, 4) is 0 Å². The van der Waals surface area contributed by atoms with Gasteiger partial charge in [-0.25, -0.2) is 4.39 Å². The molecule has 0 unspecified atom stereocenters. The summed E-state index contributed by atoms with van der Waals surface area (Å²) in [7, 11) is 0. The molecule has 7 heteroatoms. The van der Waals surface area contributed by atoms with Gasteiger partial charge in [0.1, 0.15) is 11.2 Å². The summed E-state index contributed by atoms with van der Waals surface area (Å²) in [5, 5.41) is 10.2. The predicted molar refractivity (Wildman–Crippen MR) is 94.7 cm³/mol.